The number of carbonyl (C=O) groups is 1. The molecule has 1 aromatic carbocycles. The number of benzene rings is 1. The Balaban J connectivity index is 2.32. The van der Waals surface area contributed by atoms with Crippen molar-refractivity contribution in [1.82, 2.24) is 4.98 Å². The van der Waals surface area contributed by atoms with E-state index < -0.39 is 23.2 Å². The fraction of sp³-hybridized carbons (Fsp3) is 0.154. The molecule has 21 heavy (non-hydrogen) atoms. The highest BCUT2D eigenvalue weighted by Gasteiger charge is 2.34. The quantitative estimate of drug-likeness (QED) is 0.921. The van der Waals surface area contributed by atoms with E-state index in [4.69, 9.17) is 5.26 Å². The molecule has 0 aliphatic heterocycles. The zero-order chi connectivity index (χ0) is 15.6. The average Bonchev–Trinajstić information content (AvgIpc) is 2.84. The molecule has 0 bridgehead atoms. The molecule has 0 spiro atoms. The van der Waals surface area contributed by atoms with Crippen molar-refractivity contribution in [1.29, 1.82) is 5.26 Å². The van der Waals surface area contributed by atoms with Gasteiger partial charge in [0.15, 0.2) is 0 Å². The third kappa shape index (κ3) is 3.20. The average molecular weight is 311 g/mol. The molecule has 1 N–H and O–H groups in total. The van der Waals surface area contributed by atoms with Gasteiger partial charge < -0.3 is 5.32 Å². The van der Waals surface area contributed by atoms with Crippen LogP contribution in [-0.4, -0.2) is 10.9 Å². The van der Waals surface area contributed by atoms with Gasteiger partial charge in [0, 0.05) is 5.69 Å². The first kappa shape index (κ1) is 15.0. The van der Waals surface area contributed by atoms with Gasteiger partial charge in [-0.15, -0.1) is 11.3 Å². The molecule has 1 heterocycles. The molecule has 0 atom stereocenters. The van der Waals surface area contributed by atoms with Crippen LogP contribution in [0, 0.1) is 18.3 Å². The fourth-order valence-electron chi connectivity index (χ4n) is 1.66. The molecule has 4 nitrogen and oxygen atoms in total. The maximum absolute atomic E-state index is 12.8. The second kappa shape index (κ2) is 5.54. The first-order chi connectivity index (χ1) is 9.82. The smallest absolute Gasteiger partial charge is 0.321 e. The predicted molar refractivity (Wildman–Crippen MR) is 71.0 cm³/mol. The third-order valence-electron chi connectivity index (χ3n) is 2.66. The van der Waals surface area contributed by atoms with Gasteiger partial charge in [-0.1, -0.05) is 0 Å². The number of aromatic nitrogens is 1. The maximum atomic E-state index is 12.8. The highest BCUT2D eigenvalue weighted by Crippen LogP contribution is 2.33. The molecule has 0 unspecified atom stereocenters. The summed E-state index contributed by atoms with van der Waals surface area (Å²) in [6, 6.07) is 4.50. The van der Waals surface area contributed by atoms with E-state index in [0.717, 1.165) is 23.5 Å². The molecular weight excluding hydrogens is 303 g/mol. The molecule has 2 rings (SSSR count). The number of amides is 1. The highest BCUT2D eigenvalue weighted by atomic mass is 32.1. The Morgan fingerprint density at radius 3 is 2.67 bits per heavy atom. The van der Waals surface area contributed by atoms with Crippen LogP contribution in [0.25, 0.3) is 0 Å². The number of carbonyl (C=O) groups excluding carboxylic acids is 1. The van der Waals surface area contributed by atoms with Gasteiger partial charge in [0.25, 0.3) is 5.91 Å². The van der Waals surface area contributed by atoms with E-state index in [1.54, 1.807) is 6.92 Å². The standard InChI is InChI=1S/C13H8F3N3OS/c1-7-11(21-6-18-7)12(20)19-9-3-2-8(5-17)10(4-9)13(14,15)16/h2-4,6H,1H3,(H,19,20). The lowest BCUT2D eigenvalue weighted by molar-refractivity contribution is -0.137. The molecule has 0 saturated carbocycles. The van der Waals surface area contributed by atoms with Crippen LogP contribution >= 0.6 is 11.3 Å². The molecule has 0 saturated heterocycles. The van der Waals surface area contributed by atoms with Gasteiger partial charge in [0.2, 0.25) is 0 Å². The minimum absolute atomic E-state index is 0.0286. The Morgan fingerprint density at radius 1 is 1.43 bits per heavy atom. The van der Waals surface area contributed by atoms with Crippen molar-refractivity contribution in [3.05, 3.63) is 45.4 Å². The van der Waals surface area contributed by atoms with Gasteiger partial charge in [-0.25, -0.2) is 4.98 Å². The van der Waals surface area contributed by atoms with Crippen LogP contribution in [0.2, 0.25) is 0 Å². The van der Waals surface area contributed by atoms with E-state index in [1.165, 1.54) is 17.6 Å². The van der Waals surface area contributed by atoms with Crippen LogP contribution in [0.1, 0.15) is 26.5 Å². The molecule has 108 valence electrons. The first-order valence-corrected chi connectivity index (χ1v) is 6.53. The van der Waals surface area contributed by atoms with Gasteiger partial charge in [0.1, 0.15) is 4.88 Å². The number of hydrogen-bond acceptors (Lipinski definition) is 4. The number of rotatable bonds is 2. The van der Waals surface area contributed by atoms with E-state index in [9.17, 15) is 18.0 Å². The van der Waals surface area contributed by atoms with Crippen molar-refractivity contribution in [2.75, 3.05) is 5.32 Å². The second-order valence-corrected chi connectivity index (χ2v) is 4.95. The molecule has 1 aromatic heterocycles. The van der Waals surface area contributed by atoms with Crippen molar-refractivity contribution < 1.29 is 18.0 Å². The number of nitrogens with zero attached hydrogens (tertiary/aromatic N) is 2. The number of nitriles is 1. The van der Waals surface area contributed by atoms with Crippen molar-refractivity contribution in [2.24, 2.45) is 0 Å². The van der Waals surface area contributed by atoms with Crippen LogP contribution in [0.3, 0.4) is 0 Å². The van der Waals surface area contributed by atoms with Gasteiger partial charge in [-0.2, -0.15) is 18.4 Å². The number of anilines is 1. The second-order valence-electron chi connectivity index (χ2n) is 4.09. The van der Waals surface area contributed by atoms with E-state index in [2.05, 4.69) is 10.3 Å². The molecule has 8 heteroatoms. The van der Waals surface area contributed by atoms with Crippen LogP contribution in [-0.2, 0) is 6.18 Å². The van der Waals surface area contributed by atoms with Gasteiger partial charge in [-0.3, -0.25) is 4.79 Å². The number of thiazole rings is 1. The zero-order valence-corrected chi connectivity index (χ0v) is 11.5. The summed E-state index contributed by atoms with van der Waals surface area (Å²) in [7, 11) is 0. The van der Waals surface area contributed by atoms with E-state index >= 15 is 0 Å². The summed E-state index contributed by atoms with van der Waals surface area (Å²) in [5, 5.41) is 11.1. The van der Waals surface area contributed by atoms with Gasteiger partial charge >= 0.3 is 6.18 Å². The van der Waals surface area contributed by atoms with Crippen LogP contribution < -0.4 is 5.32 Å². The SMILES string of the molecule is Cc1ncsc1C(=O)Nc1ccc(C#N)c(C(F)(F)F)c1. The lowest BCUT2D eigenvalue weighted by atomic mass is 10.1. The Bertz CT molecular complexity index is 731. The monoisotopic (exact) mass is 311 g/mol. The van der Waals surface area contributed by atoms with Gasteiger partial charge in [0.05, 0.1) is 28.4 Å². The normalized spacial score (nSPS) is 11.0. The molecule has 0 aliphatic carbocycles. The van der Waals surface area contributed by atoms with E-state index in [1.807, 2.05) is 0 Å². The van der Waals surface area contributed by atoms with Crippen LogP contribution in [0.15, 0.2) is 23.7 Å². The Kier molecular flexibility index (Phi) is 3.95. The minimum atomic E-state index is -4.66. The Hall–Kier alpha value is -2.40. The minimum Gasteiger partial charge on any atom is -0.321 e. The summed E-state index contributed by atoms with van der Waals surface area (Å²) in [5.74, 6) is -0.534. The number of halogens is 3. The summed E-state index contributed by atoms with van der Waals surface area (Å²) in [4.78, 5) is 16.1. The first-order valence-electron chi connectivity index (χ1n) is 5.65. The molecular formula is C13H8F3N3OS. The van der Waals surface area contributed by atoms with E-state index in [-0.39, 0.29) is 5.69 Å². The van der Waals surface area contributed by atoms with Crippen molar-refractivity contribution in [3.8, 4) is 6.07 Å². The highest BCUT2D eigenvalue weighted by molar-refractivity contribution is 7.12. The predicted octanol–water partition coefficient (Wildman–Crippen LogP) is 3.59. The molecule has 2 aromatic rings. The summed E-state index contributed by atoms with van der Waals surface area (Å²) in [6.45, 7) is 1.63. The summed E-state index contributed by atoms with van der Waals surface area (Å²) in [6.07, 6.45) is -4.66. The molecule has 0 fully saturated rings. The summed E-state index contributed by atoms with van der Waals surface area (Å²) >= 11 is 1.10. The van der Waals surface area contributed by atoms with E-state index in [0.29, 0.717) is 10.6 Å². The summed E-state index contributed by atoms with van der Waals surface area (Å²) < 4.78 is 38.5. The number of nitrogens with one attached hydrogen (secondary N) is 1. The topological polar surface area (TPSA) is 65.8 Å². The van der Waals surface area contributed by atoms with Crippen LogP contribution in [0.5, 0.6) is 0 Å². The molecule has 0 radical (unpaired) electrons. The molecule has 0 aliphatic rings. The molecule has 1 amide bonds. The largest absolute Gasteiger partial charge is 0.417 e. The van der Waals surface area contributed by atoms with Crippen molar-refractivity contribution in [2.45, 2.75) is 13.1 Å². The number of hydrogen-bond donors (Lipinski definition) is 1. The number of alkyl halides is 3. The van der Waals surface area contributed by atoms with Crippen molar-refractivity contribution >= 4 is 22.9 Å². The zero-order valence-electron chi connectivity index (χ0n) is 10.7. The lowest BCUT2D eigenvalue weighted by Gasteiger charge is -2.11. The fourth-order valence-corrected chi connectivity index (χ4v) is 2.36. The third-order valence-corrected chi connectivity index (χ3v) is 3.58. The Labute approximate surface area is 121 Å². The van der Waals surface area contributed by atoms with Crippen LogP contribution in [0.4, 0.5) is 18.9 Å². The lowest BCUT2D eigenvalue weighted by Crippen LogP contribution is -2.14. The van der Waals surface area contributed by atoms with Gasteiger partial charge in [-0.05, 0) is 25.1 Å². The summed E-state index contributed by atoms with van der Waals surface area (Å²) in [5.41, 5.74) is 0.379. The Morgan fingerprint density at radius 2 is 2.14 bits per heavy atom. The van der Waals surface area contributed by atoms with Crippen molar-refractivity contribution in [3.63, 3.8) is 0 Å². The number of aryl methyl sites for hydroxylation is 1. The maximum Gasteiger partial charge on any atom is 0.417 e.